The number of piperazine rings is 1. The van der Waals surface area contributed by atoms with Gasteiger partial charge in [0.1, 0.15) is 0 Å². The Morgan fingerprint density at radius 3 is 3.50 bits per heavy atom. The van der Waals surface area contributed by atoms with Crippen LogP contribution in [0.5, 0.6) is 0 Å². The van der Waals surface area contributed by atoms with Crippen LogP contribution in [0.25, 0.3) is 0 Å². The van der Waals surface area contributed by atoms with E-state index in [0.29, 0.717) is 0 Å². The van der Waals surface area contributed by atoms with Crippen molar-refractivity contribution in [2.75, 3.05) is 19.6 Å². The predicted molar refractivity (Wildman–Crippen MR) is 40.3 cm³/mol. The lowest BCUT2D eigenvalue weighted by Gasteiger charge is -2.29. The fraction of sp³-hybridized carbons (Fsp3) is 0.375. The largest absolute Gasteiger partial charge is 0.342 e. The van der Waals surface area contributed by atoms with Crippen molar-refractivity contribution in [2.24, 2.45) is 0 Å². The highest BCUT2D eigenvalue weighted by Gasteiger charge is 2.11. The van der Waals surface area contributed by atoms with Crippen LogP contribution in [-0.2, 0) is 0 Å². The molecule has 0 bridgehead atoms. The summed E-state index contributed by atoms with van der Waals surface area (Å²) >= 11 is 0. The van der Waals surface area contributed by atoms with Crippen molar-refractivity contribution in [1.82, 2.24) is 10.2 Å². The Balaban J connectivity index is 2.24. The lowest BCUT2D eigenvalue weighted by Crippen LogP contribution is -2.39. The summed E-state index contributed by atoms with van der Waals surface area (Å²) in [6.45, 7) is 3.15. The summed E-state index contributed by atoms with van der Waals surface area (Å²) in [5, 5.41) is 3.31. The molecule has 0 radical (unpaired) electrons. The number of nitrogens with zero attached hydrogens (tertiary/aromatic N) is 1. The van der Waals surface area contributed by atoms with Crippen molar-refractivity contribution in [3.05, 3.63) is 29.8 Å². The first-order valence-electron chi connectivity index (χ1n) is 3.56. The number of allylic oxidation sites excluding steroid dienone is 2. The van der Waals surface area contributed by atoms with Crippen molar-refractivity contribution in [3.63, 3.8) is 0 Å². The normalized spacial score (nSPS) is 22.4. The molecule has 0 aromatic carbocycles. The van der Waals surface area contributed by atoms with Gasteiger partial charge >= 0.3 is 0 Å². The third kappa shape index (κ3) is 0.878. The molecule has 0 saturated carbocycles. The molecule has 2 aliphatic heterocycles. The summed E-state index contributed by atoms with van der Waals surface area (Å²) in [4.78, 5) is 2.23. The minimum atomic E-state index is 0.995. The van der Waals surface area contributed by atoms with Crippen LogP contribution in [-0.4, -0.2) is 24.5 Å². The Bertz CT molecular complexity index is 221. The summed E-state index contributed by atoms with van der Waals surface area (Å²) in [7, 11) is 0. The van der Waals surface area contributed by atoms with E-state index in [1.165, 1.54) is 5.70 Å². The van der Waals surface area contributed by atoms with Gasteiger partial charge in [-0.25, -0.2) is 0 Å². The molecule has 1 N–H and O–H groups in total. The van der Waals surface area contributed by atoms with Gasteiger partial charge in [-0.15, -0.1) is 5.73 Å². The third-order valence-electron chi connectivity index (χ3n) is 1.81. The monoisotopic (exact) mass is 134 g/mol. The molecule has 0 atom stereocenters. The highest BCUT2D eigenvalue weighted by Crippen LogP contribution is 2.09. The topological polar surface area (TPSA) is 15.3 Å². The van der Waals surface area contributed by atoms with Crippen LogP contribution in [0.3, 0.4) is 0 Å². The van der Waals surface area contributed by atoms with E-state index in [1.54, 1.807) is 0 Å². The third-order valence-corrected chi connectivity index (χ3v) is 1.81. The average molecular weight is 134 g/mol. The van der Waals surface area contributed by atoms with Gasteiger partial charge in [-0.2, -0.15) is 0 Å². The Morgan fingerprint density at radius 2 is 2.60 bits per heavy atom. The van der Waals surface area contributed by atoms with Crippen molar-refractivity contribution in [2.45, 2.75) is 0 Å². The molecular weight excluding hydrogens is 124 g/mol. The van der Waals surface area contributed by atoms with E-state index in [2.05, 4.69) is 22.0 Å². The van der Waals surface area contributed by atoms with Crippen LogP contribution >= 0.6 is 0 Å². The zero-order chi connectivity index (χ0) is 6.81. The van der Waals surface area contributed by atoms with Gasteiger partial charge < -0.3 is 10.2 Å². The van der Waals surface area contributed by atoms with E-state index in [9.17, 15) is 0 Å². The SMILES string of the molecule is C1=CC=C2CNCCN2C=1. The van der Waals surface area contributed by atoms with Crippen molar-refractivity contribution < 1.29 is 0 Å². The van der Waals surface area contributed by atoms with Crippen LogP contribution in [0, 0.1) is 0 Å². The van der Waals surface area contributed by atoms with Gasteiger partial charge in [-0.1, -0.05) is 0 Å². The maximum atomic E-state index is 3.31. The van der Waals surface area contributed by atoms with E-state index >= 15 is 0 Å². The summed E-state index contributed by atoms with van der Waals surface area (Å²) in [5.74, 6) is 0. The number of hydrogen-bond donors (Lipinski definition) is 1. The standard InChI is InChI=1S/C8H10N2/c1-2-5-10-6-4-9-7-8(10)3-1/h1,3,5,9H,4,6-7H2. The molecule has 0 aromatic heterocycles. The number of nitrogens with one attached hydrogen (secondary N) is 1. The second-order valence-electron chi connectivity index (χ2n) is 2.49. The van der Waals surface area contributed by atoms with E-state index in [4.69, 9.17) is 0 Å². The molecule has 2 nitrogen and oxygen atoms in total. The average Bonchev–Trinajstić information content (AvgIpc) is 2.05. The summed E-state index contributed by atoms with van der Waals surface area (Å²) < 4.78 is 0. The fourth-order valence-corrected chi connectivity index (χ4v) is 1.24. The molecule has 0 spiro atoms. The Morgan fingerprint density at radius 1 is 1.60 bits per heavy atom. The van der Waals surface area contributed by atoms with E-state index in [1.807, 2.05) is 12.3 Å². The van der Waals surface area contributed by atoms with Gasteiger partial charge in [0, 0.05) is 31.5 Å². The van der Waals surface area contributed by atoms with E-state index in [0.717, 1.165) is 19.6 Å². The maximum absolute atomic E-state index is 3.31. The highest BCUT2D eigenvalue weighted by molar-refractivity contribution is 5.20. The molecular formula is C8H10N2. The van der Waals surface area contributed by atoms with Gasteiger partial charge in [0.05, 0.1) is 0 Å². The fourth-order valence-electron chi connectivity index (χ4n) is 1.24. The summed E-state index contributed by atoms with van der Waals surface area (Å²) in [5.41, 5.74) is 4.41. The second-order valence-corrected chi connectivity index (χ2v) is 2.49. The van der Waals surface area contributed by atoms with Gasteiger partial charge in [0.15, 0.2) is 0 Å². The van der Waals surface area contributed by atoms with Gasteiger partial charge in [0.25, 0.3) is 0 Å². The minimum absolute atomic E-state index is 0.995. The van der Waals surface area contributed by atoms with Crippen LogP contribution in [0.2, 0.25) is 0 Å². The summed E-state index contributed by atoms with van der Waals surface area (Å²) in [6.07, 6.45) is 6.07. The van der Waals surface area contributed by atoms with Crippen molar-refractivity contribution in [1.29, 1.82) is 0 Å². The molecule has 0 unspecified atom stereocenters. The number of hydrogen-bond acceptors (Lipinski definition) is 2. The Labute approximate surface area is 60.5 Å². The molecule has 52 valence electrons. The molecule has 2 heterocycles. The van der Waals surface area contributed by atoms with Gasteiger partial charge in [-0.05, 0) is 12.2 Å². The quantitative estimate of drug-likeness (QED) is 0.484. The predicted octanol–water partition coefficient (Wildman–Crippen LogP) is 0.458. The van der Waals surface area contributed by atoms with Gasteiger partial charge in [0.2, 0.25) is 0 Å². The molecule has 1 fully saturated rings. The smallest absolute Gasteiger partial charge is 0.0466 e. The Hall–Kier alpha value is -0.980. The molecule has 0 aliphatic carbocycles. The minimum Gasteiger partial charge on any atom is -0.342 e. The van der Waals surface area contributed by atoms with Gasteiger partial charge in [-0.3, -0.25) is 0 Å². The molecule has 10 heavy (non-hydrogen) atoms. The molecule has 0 aromatic rings. The lowest BCUT2D eigenvalue weighted by molar-refractivity contribution is 0.391. The molecule has 0 amide bonds. The number of fused-ring (bicyclic) bond motifs is 1. The highest BCUT2D eigenvalue weighted by atomic mass is 15.2. The zero-order valence-electron chi connectivity index (χ0n) is 5.80. The van der Waals surface area contributed by atoms with Crippen molar-refractivity contribution in [3.8, 4) is 0 Å². The first-order valence-corrected chi connectivity index (χ1v) is 3.56. The number of rotatable bonds is 0. The maximum Gasteiger partial charge on any atom is 0.0466 e. The first-order chi connectivity index (χ1) is 4.97. The molecule has 2 rings (SSSR count). The summed E-state index contributed by atoms with van der Waals surface area (Å²) in [6, 6.07) is 0. The Kier molecular flexibility index (Phi) is 1.35. The van der Waals surface area contributed by atoms with E-state index < -0.39 is 0 Å². The van der Waals surface area contributed by atoms with Crippen LogP contribution in [0.15, 0.2) is 29.8 Å². The molecule has 2 heteroatoms. The first kappa shape index (κ1) is 5.78. The van der Waals surface area contributed by atoms with Crippen LogP contribution < -0.4 is 5.32 Å². The van der Waals surface area contributed by atoms with E-state index in [-0.39, 0.29) is 0 Å². The van der Waals surface area contributed by atoms with Crippen LogP contribution in [0.1, 0.15) is 0 Å². The molecule has 1 saturated heterocycles. The second kappa shape index (κ2) is 2.33. The zero-order valence-corrected chi connectivity index (χ0v) is 5.80. The molecule has 2 aliphatic rings. The lowest BCUT2D eigenvalue weighted by atomic mass is 10.2. The van der Waals surface area contributed by atoms with Crippen molar-refractivity contribution >= 4 is 0 Å². The van der Waals surface area contributed by atoms with Crippen LogP contribution in [0.4, 0.5) is 0 Å².